The molecule has 0 bridgehead atoms. The van der Waals surface area contributed by atoms with E-state index in [1.165, 1.54) is 64.7 Å². The van der Waals surface area contributed by atoms with E-state index in [9.17, 15) is 0 Å². The van der Waals surface area contributed by atoms with Crippen molar-refractivity contribution in [1.29, 1.82) is 0 Å². The van der Waals surface area contributed by atoms with E-state index in [1.54, 1.807) is 0 Å². The largest absolute Gasteiger partial charge is 0.0805 e. The lowest BCUT2D eigenvalue weighted by Gasteiger charge is -1.87. The second-order valence-corrected chi connectivity index (χ2v) is 8.13. The zero-order valence-corrected chi connectivity index (χ0v) is 18.5. The van der Waals surface area contributed by atoms with Crippen molar-refractivity contribution in [2.24, 2.45) is 0 Å². The SMILES string of the molecule is C.C.C.C.CC1=CC=C(C)C1.CC1=CC=CC1.CC1=CCC(C)=C1.CC1=CCC(C)=C1. The third-order valence-corrected chi connectivity index (χ3v) is 4.61. The van der Waals surface area contributed by atoms with E-state index in [1.807, 2.05) is 0 Å². The summed E-state index contributed by atoms with van der Waals surface area (Å²) in [5, 5.41) is 0. The Balaban J connectivity index is -0.000000151. The zero-order chi connectivity index (χ0) is 20.2. The highest BCUT2D eigenvalue weighted by molar-refractivity contribution is 5.30. The first-order valence-corrected chi connectivity index (χ1v) is 10.1. The van der Waals surface area contributed by atoms with Gasteiger partial charge in [0.1, 0.15) is 0 Å². The molecule has 0 amide bonds. The Hall–Kier alpha value is -2.08. The van der Waals surface area contributed by atoms with Gasteiger partial charge in [-0.2, -0.15) is 0 Å². The Morgan fingerprint density at radius 2 is 0.903 bits per heavy atom. The van der Waals surface area contributed by atoms with E-state index in [0.29, 0.717) is 0 Å². The maximum absolute atomic E-state index is 2.25. The first-order valence-electron chi connectivity index (χ1n) is 10.1. The number of rotatable bonds is 0. The summed E-state index contributed by atoms with van der Waals surface area (Å²) in [4.78, 5) is 0. The molecule has 178 valence electrons. The van der Waals surface area contributed by atoms with E-state index in [0.717, 1.165) is 0 Å². The highest BCUT2D eigenvalue weighted by Gasteiger charge is 1.96. The van der Waals surface area contributed by atoms with Gasteiger partial charge in [0.05, 0.1) is 0 Å². The molecule has 0 heterocycles. The van der Waals surface area contributed by atoms with Gasteiger partial charge in [-0.05, 0) is 74.1 Å². The summed E-state index contributed by atoms with van der Waals surface area (Å²) >= 11 is 0. The molecule has 0 nitrogen and oxygen atoms in total. The van der Waals surface area contributed by atoms with Crippen LogP contribution in [-0.2, 0) is 0 Å². The fourth-order valence-electron chi connectivity index (χ4n) is 3.05. The van der Waals surface area contributed by atoms with Crippen molar-refractivity contribution >= 4 is 0 Å². The molecule has 0 aliphatic heterocycles. The molecule has 0 radical (unpaired) electrons. The summed E-state index contributed by atoms with van der Waals surface area (Å²) in [5.41, 5.74) is 10.2. The summed E-state index contributed by atoms with van der Waals surface area (Å²) < 4.78 is 0. The van der Waals surface area contributed by atoms with Crippen molar-refractivity contribution in [2.75, 3.05) is 0 Å². The fraction of sp³-hybridized carbons (Fsp3) is 0.484. The van der Waals surface area contributed by atoms with Crippen molar-refractivity contribution < 1.29 is 0 Å². The van der Waals surface area contributed by atoms with Gasteiger partial charge in [0, 0.05) is 0 Å². The zero-order valence-electron chi connectivity index (χ0n) is 18.5. The topological polar surface area (TPSA) is 0 Å². The van der Waals surface area contributed by atoms with Gasteiger partial charge in [0.2, 0.25) is 0 Å². The molecule has 0 atom stereocenters. The predicted octanol–water partition coefficient (Wildman–Crippen LogP) is 11.3. The number of allylic oxidation sites excluding steroid dienone is 16. The van der Waals surface area contributed by atoms with Crippen LogP contribution in [0.4, 0.5) is 0 Å². The summed E-state index contributed by atoms with van der Waals surface area (Å²) in [6.45, 7) is 15.0. The second-order valence-electron chi connectivity index (χ2n) is 8.13. The van der Waals surface area contributed by atoms with E-state index in [4.69, 9.17) is 0 Å². The standard InChI is InChI=1S/3C7H10.C6H8.4CH4/c3*1-6-3-4-7(2)5-6;1-6-4-2-3-5-6;;;;/h2*3,5H,4H2,1-2H3;3-4H,5H2,1-2H3;2-4H,5H2,1H3;4*1H4. The number of hydrogen-bond donors (Lipinski definition) is 0. The van der Waals surface area contributed by atoms with Crippen molar-refractivity contribution in [3.63, 3.8) is 0 Å². The van der Waals surface area contributed by atoms with Crippen LogP contribution in [0.5, 0.6) is 0 Å². The van der Waals surface area contributed by atoms with Crippen LogP contribution in [0, 0.1) is 0 Å². The van der Waals surface area contributed by atoms with Gasteiger partial charge < -0.3 is 0 Å². The van der Waals surface area contributed by atoms with Gasteiger partial charge in [-0.25, -0.2) is 0 Å². The van der Waals surface area contributed by atoms with Crippen molar-refractivity contribution in [3.05, 3.63) is 93.7 Å². The molecule has 0 aromatic rings. The van der Waals surface area contributed by atoms with Crippen molar-refractivity contribution in [2.45, 2.75) is 104 Å². The third-order valence-electron chi connectivity index (χ3n) is 4.61. The van der Waals surface area contributed by atoms with Crippen LogP contribution in [0.25, 0.3) is 0 Å². The Morgan fingerprint density at radius 3 is 1.00 bits per heavy atom. The van der Waals surface area contributed by atoms with E-state index in [2.05, 4.69) is 103 Å². The van der Waals surface area contributed by atoms with Gasteiger partial charge >= 0.3 is 0 Å². The summed E-state index contributed by atoms with van der Waals surface area (Å²) in [6, 6.07) is 0. The molecule has 0 fully saturated rings. The molecule has 0 aromatic heterocycles. The summed E-state index contributed by atoms with van der Waals surface area (Å²) in [6.07, 6.45) is 24.4. The molecule has 31 heavy (non-hydrogen) atoms. The molecule has 0 aromatic carbocycles. The minimum absolute atomic E-state index is 0. The fourth-order valence-corrected chi connectivity index (χ4v) is 3.05. The lowest BCUT2D eigenvalue weighted by Crippen LogP contribution is -1.67. The van der Waals surface area contributed by atoms with Crippen LogP contribution in [-0.4, -0.2) is 0 Å². The molecule has 4 rings (SSSR count). The third kappa shape index (κ3) is 18.4. The minimum atomic E-state index is 0. The van der Waals surface area contributed by atoms with Crippen LogP contribution in [0.2, 0.25) is 0 Å². The van der Waals surface area contributed by atoms with Crippen LogP contribution in [0.15, 0.2) is 93.7 Å². The van der Waals surface area contributed by atoms with Crippen LogP contribution in [0.1, 0.15) is 104 Å². The van der Waals surface area contributed by atoms with E-state index < -0.39 is 0 Å². The Labute approximate surface area is 197 Å². The van der Waals surface area contributed by atoms with Crippen molar-refractivity contribution in [1.82, 2.24) is 0 Å². The summed E-state index contributed by atoms with van der Waals surface area (Å²) in [7, 11) is 0. The van der Waals surface area contributed by atoms with E-state index in [-0.39, 0.29) is 29.7 Å². The van der Waals surface area contributed by atoms with Crippen molar-refractivity contribution in [3.8, 4) is 0 Å². The molecular weight excluding hydrogens is 372 g/mol. The molecule has 0 N–H and O–H groups in total. The maximum atomic E-state index is 2.25. The van der Waals surface area contributed by atoms with Gasteiger partial charge in [-0.1, -0.05) is 123 Å². The monoisotopic (exact) mass is 426 g/mol. The number of hydrogen-bond acceptors (Lipinski definition) is 0. The minimum Gasteiger partial charge on any atom is -0.0805 e. The smallest absolute Gasteiger partial charge is 0.0108 e. The van der Waals surface area contributed by atoms with Gasteiger partial charge in [-0.15, -0.1) is 0 Å². The first-order chi connectivity index (χ1) is 12.8. The molecule has 0 spiro atoms. The molecule has 4 aliphatic rings. The molecular formula is C31H54. The highest BCUT2D eigenvalue weighted by Crippen LogP contribution is 2.16. The van der Waals surface area contributed by atoms with Crippen LogP contribution in [0.3, 0.4) is 0 Å². The quantitative estimate of drug-likeness (QED) is 0.361. The average Bonchev–Trinajstić information content (AvgIpc) is 3.37. The first kappa shape index (κ1) is 36.3. The van der Waals surface area contributed by atoms with Gasteiger partial charge in [0.25, 0.3) is 0 Å². The lowest BCUT2D eigenvalue weighted by atomic mass is 10.2. The normalized spacial score (nSPS) is 16.5. The highest BCUT2D eigenvalue weighted by atomic mass is 14.0. The van der Waals surface area contributed by atoms with Crippen LogP contribution >= 0.6 is 0 Å². The molecule has 0 saturated heterocycles. The molecule has 4 aliphatic carbocycles. The van der Waals surface area contributed by atoms with Crippen LogP contribution < -0.4 is 0 Å². The Bertz CT molecular complexity index is 687. The van der Waals surface area contributed by atoms with Gasteiger partial charge in [0.15, 0.2) is 0 Å². The van der Waals surface area contributed by atoms with E-state index >= 15 is 0 Å². The Morgan fingerprint density at radius 1 is 0.484 bits per heavy atom. The predicted molar refractivity (Wildman–Crippen MR) is 151 cm³/mol. The maximum Gasteiger partial charge on any atom is -0.0108 e. The molecule has 0 heteroatoms. The molecule has 0 saturated carbocycles. The average molecular weight is 427 g/mol. The van der Waals surface area contributed by atoms with Gasteiger partial charge in [-0.3, -0.25) is 0 Å². The summed E-state index contributed by atoms with van der Waals surface area (Å²) in [5.74, 6) is 0. The Kier molecular flexibility index (Phi) is 23.3. The second kappa shape index (κ2) is 19.9. The molecule has 0 unspecified atom stereocenters. The lowest BCUT2D eigenvalue weighted by molar-refractivity contribution is 1.15.